The number of nitrogens with one attached hydrogen (secondary N) is 2. The van der Waals surface area contributed by atoms with Crippen molar-refractivity contribution in [1.82, 2.24) is 20.1 Å². The first kappa shape index (κ1) is 29.5. The van der Waals surface area contributed by atoms with Gasteiger partial charge in [0.2, 0.25) is 5.91 Å². The second kappa shape index (κ2) is 12.3. The minimum atomic E-state index is -0.957. The molecule has 2 heterocycles. The Morgan fingerprint density at radius 1 is 0.891 bits per heavy atom. The number of fused-ring (bicyclic) bond motifs is 1. The monoisotopic (exact) mass is 614 g/mol. The summed E-state index contributed by atoms with van der Waals surface area (Å²) in [6.45, 7) is 0. The summed E-state index contributed by atoms with van der Waals surface area (Å²) in [5, 5.41) is 12.2. The highest BCUT2D eigenvalue weighted by molar-refractivity contribution is 6.05. The fourth-order valence-corrected chi connectivity index (χ4v) is 6.74. The first-order chi connectivity index (χ1) is 22.4. The average Bonchev–Trinajstić information content (AvgIpc) is 3.46. The Kier molecular flexibility index (Phi) is 7.90. The molecule has 0 unspecified atom stereocenters. The lowest BCUT2D eigenvalue weighted by molar-refractivity contribution is -0.125. The number of carbonyl (C=O) groups is 2. The number of methoxy groups -OCH3 is 1. The normalized spacial score (nSPS) is 16.0. The van der Waals surface area contributed by atoms with Gasteiger partial charge in [0.15, 0.2) is 0 Å². The smallest absolute Gasteiger partial charge is 0.252 e. The van der Waals surface area contributed by atoms with Crippen LogP contribution >= 0.6 is 0 Å². The van der Waals surface area contributed by atoms with E-state index in [1.165, 1.54) is 25.0 Å². The van der Waals surface area contributed by atoms with E-state index in [1.807, 2.05) is 77.5 Å². The van der Waals surface area contributed by atoms with E-state index in [1.54, 1.807) is 19.4 Å². The van der Waals surface area contributed by atoms with Gasteiger partial charge in [0.05, 0.1) is 24.0 Å². The summed E-state index contributed by atoms with van der Waals surface area (Å²) in [5.41, 5.74) is 10.7. The molecule has 7 rings (SSSR count). The number of nitrogen functional groups attached to an aromatic ring is 1. The van der Waals surface area contributed by atoms with Gasteiger partial charge < -0.3 is 21.1 Å². The molecule has 0 aliphatic heterocycles. The lowest BCUT2D eigenvalue weighted by atomic mass is 9.75. The van der Waals surface area contributed by atoms with Crippen LogP contribution in [0.1, 0.15) is 73.3 Å². The van der Waals surface area contributed by atoms with Gasteiger partial charge in [-0.2, -0.15) is 5.10 Å². The number of nitrogens with two attached hydrogens (primary N) is 1. The van der Waals surface area contributed by atoms with Gasteiger partial charge in [0.25, 0.3) is 5.91 Å². The zero-order chi connectivity index (χ0) is 31.7. The number of carbonyl (C=O) groups excluding carboxylic acids is 2. The zero-order valence-electron chi connectivity index (χ0n) is 26.0. The molecule has 2 aromatic heterocycles. The van der Waals surface area contributed by atoms with E-state index in [4.69, 9.17) is 15.6 Å². The molecule has 46 heavy (non-hydrogen) atoms. The molecule has 0 spiro atoms. The molecule has 2 amide bonds. The average molecular weight is 615 g/mol. The molecule has 0 saturated heterocycles. The van der Waals surface area contributed by atoms with Crippen molar-refractivity contribution in [2.75, 3.05) is 18.2 Å². The summed E-state index contributed by atoms with van der Waals surface area (Å²) < 4.78 is 7.41. The number of rotatable bonds is 8. The molecule has 5 aromatic rings. The number of anilines is 2. The molecule has 0 radical (unpaired) electrons. The molecule has 2 fully saturated rings. The summed E-state index contributed by atoms with van der Waals surface area (Å²) in [4.78, 5) is 31.3. The maximum Gasteiger partial charge on any atom is 0.252 e. The lowest BCUT2D eigenvalue weighted by Gasteiger charge is -2.40. The third kappa shape index (κ3) is 5.69. The summed E-state index contributed by atoms with van der Waals surface area (Å²) in [7, 11) is 1.66. The van der Waals surface area contributed by atoms with Crippen molar-refractivity contribution >= 4 is 34.2 Å². The number of aromatic nitrogens is 3. The van der Waals surface area contributed by atoms with Crippen LogP contribution in [-0.4, -0.2) is 39.2 Å². The lowest BCUT2D eigenvalue weighted by Crippen LogP contribution is -2.61. The van der Waals surface area contributed by atoms with E-state index in [2.05, 4.69) is 15.6 Å². The number of nitrogens with zero attached hydrogens (tertiary/aromatic N) is 3. The number of ether oxygens (including phenoxy) is 1. The number of hydrogen-bond acceptors (Lipinski definition) is 6. The van der Waals surface area contributed by atoms with Gasteiger partial charge in [-0.25, -0.2) is 9.67 Å². The molecule has 0 atom stereocenters. The second-order valence-corrected chi connectivity index (χ2v) is 12.5. The Morgan fingerprint density at radius 3 is 2.28 bits per heavy atom. The zero-order valence-corrected chi connectivity index (χ0v) is 26.0. The number of benzene rings is 3. The molecule has 4 N–H and O–H groups in total. The summed E-state index contributed by atoms with van der Waals surface area (Å²) in [5.74, 6) is 1.17. The molecular formula is C37H38N6O3. The minimum Gasteiger partial charge on any atom is -0.497 e. The molecule has 2 aliphatic rings. The SMILES string of the molecule is COc1ccc(-n2nc3cc(C(=O)NC4(C(=O)Nc5ccc(-c6ccc(N)nc6)cc5)CCC4)ccc3c2C2CCCCC2)cc1. The van der Waals surface area contributed by atoms with Gasteiger partial charge in [-0.1, -0.05) is 37.5 Å². The van der Waals surface area contributed by atoms with Crippen LogP contribution < -0.4 is 21.1 Å². The van der Waals surface area contributed by atoms with Crippen LogP contribution in [0.2, 0.25) is 0 Å². The van der Waals surface area contributed by atoms with Gasteiger partial charge >= 0.3 is 0 Å². The van der Waals surface area contributed by atoms with Crippen LogP contribution in [0.4, 0.5) is 11.5 Å². The van der Waals surface area contributed by atoms with Crippen molar-refractivity contribution in [2.24, 2.45) is 0 Å². The number of pyridine rings is 1. The number of amides is 2. The summed E-state index contributed by atoms with van der Waals surface area (Å²) >= 11 is 0. The maximum absolute atomic E-state index is 13.7. The highest BCUT2D eigenvalue weighted by Crippen LogP contribution is 2.39. The summed E-state index contributed by atoms with van der Waals surface area (Å²) in [6, 6.07) is 24.9. The quantitative estimate of drug-likeness (QED) is 0.173. The second-order valence-electron chi connectivity index (χ2n) is 12.5. The van der Waals surface area contributed by atoms with Crippen LogP contribution in [0, 0.1) is 0 Å². The van der Waals surface area contributed by atoms with Gasteiger partial charge in [-0.15, -0.1) is 0 Å². The van der Waals surface area contributed by atoms with E-state index in [0.717, 1.165) is 52.7 Å². The van der Waals surface area contributed by atoms with Crippen LogP contribution in [0.15, 0.2) is 85.1 Å². The fourth-order valence-electron chi connectivity index (χ4n) is 6.74. The molecule has 2 saturated carbocycles. The van der Waals surface area contributed by atoms with E-state index in [0.29, 0.717) is 35.8 Å². The van der Waals surface area contributed by atoms with Crippen molar-refractivity contribution in [1.29, 1.82) is 0 Å². The van der Waals surface area contributed by atoms with Gasteiger partial charge in [-0.05, 0) is 98.3 Å². The van der Waals surface area contributed by atoms with Gasteiger partial charge in [0, 0.05) is 34.3 Å². The van der Waals surface area contributed by atoms with Crippen molar-refractivity contribution < 1.29 is 14.3 Å². The molecule has 0 bridgehead atoms. The fraction of sp³-hybridized carbons (Fsp3) is 0.297. The highest BCUT2D eigenvalue weighted by Gasteiger charge is 2.45. The molecule has 234 valence electrons. The van der Waals surface area contributed by atoms with Crippen LogP contribution in [0.25, 0.3) is 27.7 Å². The topological polar surface area (TPSA) is 124 Å². The third-order valence-corrected chi connectivity index (χ3v) is 9.54. The van der Waals surface area contributed by atoms with Gasteiger partial charge in [-0.3, -0.25) is 9.59 Å². The summed E-state index contributed by atoms with van der Waals surface area (Å²) in [6.07, 6.45) is 9.67. The van der Waals surface area contributed by atoms with Crippen molar-refractivity contribution in [3.8, 4) is 22.6 Å². The Balaban J connectivity index is 1.11. The first-order valence-corrected chi connectivity index (χ1v) is 16.1. The van der Waals surface area contributed by atoms with Crippen LogP contribution in [-0.2, 0) is 4.79 Å². The van der Waals surface area contributed by atoms with Crippen LogP contribution in [0.5, 0.6) is 5.75 Å². The van der Waals surface area contributed by atoms with E-state index < -0.39 is 5.54 Å². The largest absolute Gasteiger partial charge is 0.497 e. The predicted molar refractivity (Wildman–Crippen MR) is 180 cm³/mol. The van der Waals surface area contributed by atoms with Crippen molar-refractivity contribution in [3.63, 3.8) is 0 Å². The maximum atomic E-state index is 13.7. The molecular weight excluding hydrogens is 576 g/mol. The van der Waals surface area contributed by atoms with E-state index >= 15 is 0 Å². The van der Waals surface area contributed by atoms with Crippen LogP contribution in [0.3, 0.4) is 0 Å². The Bertz CT molecular complexity index is 1870. The molecule has 3 aromatic carbocycles. The predicted octanol–water partition coefficient (Wildman–Crippen LogP) is 7.02. The molecule has 9 nitrogen and oxygen atoms in total. The Hall–Kier alpha value is -5.18. The molecule has 2 aliphatic carbocycles. The van der Waals surface area contributed by atoms with E-state index in [9.17, 15) is 9.59 Å². The van der Waals surface area contributed by atoms with Crippen molar-refractivity contribution in [2.45, 2.75) is 62.8 Å². The first-order valence-electron chi connectivity index (χ1n) is 16.1. The van der Waals surface area contributed by atoms with E-state index in [-0.39, 0.29) is 11.8 Å². The Labute approximate surface area is 268 Å². The molecule has 9 heteroatoms. The number of hydrogen-bond donors (Lipinski definition) is 3. The van der Waals surface area contributed by atoms with Crippen molar-refractivity contribution in [3.05, 3.63) is 96.3 Å². The highest BCUT2D eigenvalue weighted by atomic mass is 16.5. The third-order valence-electron chi connectivity index (χ3n) is 9.54. The standard InChI is InChI=1S/C37H38N6O3/c1-46-30-16-14-29(15-17-30)43-34(25-6-3-2-4-7-25)31-18-10-26(22-32(31)42-43)35(44)41-37(20-5-21-37)36(45)40-28-12-8-24(9-13-28)27-11-19-33(38)39-23-27/h8-19,22-23,25H,2-7,20-21H2,1H3,(H2,38,39)(H,40,45)(H,41,44). The Morgan fingerprint density at radius 2 is 1.63 bits per heavy atom. The minimum absolute atomic E-state index is 0.210. The van der Waals surface area contributed by atoms with Gasteiger partial charge in [0.1, 0.15) is 17.1 Å².